The van der Waals surface area contributed by atoms with Gasteiger partial charge in [0.25, 0.3) is 0 Å². The number of guanidine groups is 1. The van der Waals surface area contributed by atoms with Crippen molar-refractivity contribution in [3.8, 4) is 0 Å². The Kier molecular flexibility index (Phi) is 6.05. The van der Waals surface area contributed by atoms with E-state index in [1.165, 1.54) is 11.3 Å². The number of amides is 1. The molecule has 1 fully saturated rings. The molecule has 1 aliphatic heterocycles. The van der Waals surface area contributed by atoms with E-state index in [1.807, 2.05) is 0 Å². The third-order valence-electron chi connectivity index (χ3n) is 4.01. The Hall–Kier alpha value is -1.31. The predicted octanol–water partition coefficient (Wildman–Crippen LogP) is 1.77. The second kappa shape index (κ2) is 7.80. The lowest BCUT2D eigenvalue weighted by Crippen LogP contribution is -2.43. The highest BCUT2D eigenvalue weighted by Gasteiger charge is 2.29. The molecule has 6 heteroatoms. The van der Waals surface area contributed by atoms with Crippen molar-refractivity contribution in [2.24, 2.45) is 10.9 Å². The third-order valence-corrected chi connectivity index (χ3v) is 4.01. The first-order valence-corrected chi connectivity index (χ1v) is 7.63. The largest absolute Gasteiger partial charge is 0.354 e. The van der Waals surface area contributed by atoms with E-state index in [2.05, 4.69) is 44.8 Å². The standard InChI is InChI=1S/C16H22N4O.HI/c1-17-16(19-10-9-18-15(21)13-6-7-13)20-11-8-12-4-2-3-5-14(12)20;/h2-5,13H,6-11H2,1H3,(H,17,19)(H,18,21);1H. The van der Waals surface area contributed by atoms with Crippen molar-refractivity contribution in [1.82, 2.24) is 10.6 Å². The van der Waals surface area contributed by atoms with Crippen molar-refractivity contribution in [2.75, 3.05) is 31.6 Å². The minimum Gasteiger partial charge on any atom is -0.354 e. The third kappa shape index (κ3) is 3.91. The van der Waals surface area contributed by atoms with E-state index in [-0.39, 0.29) is 35.8 Å². The van der Waals surface area contributed by atoms with Gasteiger partial charge in [-0.2, -0.15) is 0 Å². The van der Waals surface area contributed by atoms with Crippen molar-refractivity contribution in [3.05, 3.63) is 29.8 Å². The molecule has 3 rings (SSSR count). The van der Waals surface area contributed by atoms with Gasteiger partial charge in [-0.3, -0.25) is 9.79 Å². The van der Waals surface area contributed by atoms with Gasteiger partial charge in [0.05, 0.1) is 0 Å². The molecule has 0 aromatic heterocycles. The smallest absolute Gasteiger partial charge is 0.223 e. The number of aliphatic imine (C=N–C) groups is 1. The molecule has 1 aromatic rings. The molecule has 22 heavy (non-hydrogen) atoms. The van der Waals surface area contributed by atoms with E-state index in [9.17, 15) is 4.79 Å². The van der Waals surface area contributed by atoms with Gasteiger partial charge >= 0.3 is 0 Å². The van der Waals surface area contributed by atoms with Crippen LogP contribution in [0.3, 0.4) is 0 Å². The molecule has 0 spiro atoms. The van der Waals surface area contributed by atoms with Gasteiger partial charge in [-0.25, -0.2) is 0 Å². The number of fused-ring (bicyclic) bond motifs is 1. The molecule has 5 nitrogen and oxygen atoms in total. The molecule has 1 saturated carbocycles. The molecule has 0 saturated heterocycles. The number of nitrogens with zero attached hydrogens (tertiary/aromatic N) is 2. The summed E-state index contributed by atoms with van der Waals surface area (Å²) in [6.07, 6.45) is 3.15. The van der Waals surface area contributed by atoms with Crippen molar-refractivity contribution in [3.63, 3.8) is 0 Å². The molecular formula is C16H23IN4O. The number of carbonyl (C=O) groups is 1. The summed E-state index contributed by atoms with van der Waals surface area (Å²) in [6.45, 7) is 2.29. The van der Waals surface area contributed by atoms with Crippen molar-refractivity contribution in [1.29, 1.82) is 0 Å². The zero-order valence-corrected chi connectivity index (χ0v) is 15.2. The summed E-state index contributed by atoms with van der Waals surface area (Å²) in [5, 5.41) is 6.29. The predicted molar refractivity (Wildman–Crippen MR) is 100 cm³/mol. The van der Waals surface area contributed by atoms with Gasteiger partial charge in [-0.1, -0.05) is 18.2 Å². The molecular weight excluding hydrogens is 391 g/mol. The number of rotatable bonds is 4. The fourth-order valence-electron chi connectivity index (χ4n) is 2.70. The first-order chi connectivity index (χ1) is 10.3. The summed E-state index contributed by atoms with van der Waals surface area (Å²) in [7, 11) is 1.80. The molecule has 0 atom stereocenters. The van der Waals surface area contributed by atoms with Crippen LogP contribution in [0.4, 0.5) is 5.69 Å². The number of hydrogen-bond acceptors (Lipinski definition) is 2. The molecule has 1 heterocycles. The summed E-state index contributed by atoms with van der Waals surface area (Å²) in [5.41, 5.74) is 2.59. The number of carbonyl (C=O) groups excluding carboxylic acids is 1. The van der Waals surface area contributed by atoms with Crippen LogP contribution in [0.2, 0.25) is 0 Å². The Morgan fingerprint density at radius 2 is 2.00 bits per heavy atom. The summed E-state index contributed by atoms with van der Waals surface area (Å²) in [4.78, 5) is 18.1. The SMILES string of the molecule is CN=C(NCCNC(=O)C1CC1)N1CCc2ccccc21.I. The molecule has 120 valence electrons. The van der Waals surface area contributed by atoms with Crippen molar-refractivity contribution >= 4 is 41.5 Å². The van der Waals surface area contributed by atoms with Gasteiger partial charge in [-0.15, -0.1) is 24.0 Å². The average molecular weight is 414 g/mol. The van der Waals surface area contributed by atoms with Crippen LogP contribution in [-0.2, 0) is 11.2 Å². The molecule has 2 N–H and O–H groups in total. The minimum atomic E-state index is 0. The lowest BCUT2D eigenvalue weighted by atomic mass is 10.2. The van der Waals surface area contributed by atoms with Crippen LogP contribution < -0.4 is 15.5 Å². The van der Waals surface area contributed by atoms with Gasteiger partial charge in [0, 0.05) is 38.3 Å². The van der Waals surface area contributed by atoms with Gasteiger partial charge in [0.15, 0.2) is 5.96 Å². The molecule has 0 radical (unpaired) electrons. The summed E-state index contributed by atoms with van der Waals surface area (Å²) in [6, 6.07) is 8.43. The number of halogens is 1. The lowest BCUT2D eigenvalue weighted by Gasteiger charge is -2.22. The Morgan fingerprint density at radius 3 is 2.73 bits per heavy atom. The van der Waals surface area contributed by atoms with Crippen LogP contribution in [0.15, 0.2) is 29.3 Å². The second-order valence-corrected chi connectivity index (χ2v) is 5.57. The molecule has 2 aliphatic rings. The maximum absolute atomic E-state index is 11.6. The first-order valence-electron chi connectivity index (χ1n) is 7.63. The van der Waals surface area contributed by atoms with Gasteiger partial charge in [0.2, 0.25) is 5.91 Å². The van der Waals surface area contributed by atoms with Crippen LogP contribution in [0.5, 0.6) is 0 Å². The summed E-state index contributed by atoms with van der Waals surface area (Å²) < 4.78 is 0. The number of para-hydroxylation sites is 1. The summed E-state index contributed by atoms with van der Waals surface area (Å²) in [5.74, 6) is 1.34. The Labute approximate surface area is 148 Å². The highest BCUT2D eigenvalue weighted by atomic mass is 127. The van der Waals surface area contributed by atoms with E-state index in [1.54, 1.807) is 7.05 Å². The zero-order valence-electron chi connectivity index (χ0n) is 12.8. The van der Waals surface area contributed by atoms with Crippen LogP contribution >= 0.6 is 24.0 Å². The van der Waals surface area contributed by atoms with Crippen LogP contribution in [0, 0.1) is 5.92 Å². The van der Waals surface area contributed by atoms with Crippen molar-refractivity contribution in [2.45, 2.75) is 19.3 Å². The zero-order chi connectivity index (χ0) is 14.7. The highest BCUT2D eigenvalue weighted by molar-refractivity contribution is 14.0. The minimum absolute atomic E-state index is 0. The molecule has 0 unspecified atom stereocenters. The second-order valence-electron chi connectivity index (χ2n) is 5.57. The first kappa shape index (κ1) is 17.1. The van der Waals surface area contributed by atoms with E-state index in [0.717, 1.165) is 31.8 Å². The Morgan fingerprint density at radius 1 is 1.27 bits per heavy atom. The number of nitrogens with one attached hydrogen (secondary N) is 2. The molecule has 1 aromatic carbocycles. The molecule has 1 aliphatic carbocycles. The molecule has 1 amide bonds. The number of anilines is 1. The Balaban J connectivity index is 0.00000176. The lowest BCUT2D eigenvalue weighted by molar-refractivity contribution is -0.122. The number of hydrogen-bond donors (Lipinski definition) is 2. The van der Waals surface area contributed by atoms with Crippen LogP contribution in [-0.4, -0.2) is 38.5 Å². The maximum Gasteiger partial charge on any atom is 0.223 e. The molecule has 0 bridgehead atoms. The quantitative estimate of drug-likeness (QED) is 0.342. The van der Waals surface area contributed by atoms with E-state index < -0.39 is 0 Å². The highest BCUT2D eigenvalue weighted by Crippen LogP contribution is 2.28. The maximum atomic E-state index is 11.6. The van der Waals surface area contributed by atoms with E-state index in [0.29, 0.717) is 13.1 Å². The average Bonchev–Trinajstić information content (AvgIpc) is 3.28. The van der Waals surface area contributed by atoms with Crippen molar-refractivity contribution < 1.29 is 4.79 Å². The fraction of sp³-hybridized carbons (Fsp3) is 0.500. The van der Waals surface area contributed by atoms with Gasteiger partial charge in [-0.05, 0) is 30.9 Å². The van der Waals surface area contributed by atoms with E-state index in [4.69, 9.17) is 0 Å². The van der Waals surface area contributed by atoms with Gasteiger partial charge < -0.3 is 15.5 Å². The fourth-order valence-corrected chi connectivity index (χ4v) is 2.70. The summed E-state index contributed by atoms with van der Waals surface area (Å²) >= 11 is 0. The van der Waals surface area contributed by atoms with Crippen LogP contribution in [0.1, 0.15) is 18.4 Å². The van der Waals surface area contributed by atoms with E-state index >= 15 is 0 Å². The topological polar surface area (TPSA) is 56.7 Å². The normalized spacial score (nSPS) is 16.8. The Bertz CT molecular complexity index is 557. The monoisotopic (exact) mass is 414 g/mol. The number of benzene rings is 1. The van der Waals surface area contributed by atoms with Crippen LogP contribution in [0.25, 0.3) is 0 Å². The van der Waals surface area contributed by atoms with Gasteiger partial charge in [0.1, 0.15) is 0 Å².